The molecule has 1 saturated heterocycles. The SMILES string of the molecule is COC(=O)/C=C/c1cccc(N(Cc2ccc3c(c2OC)OC(C)(C)C2OC(C)(C)C4C(C32)C4(Cl)Cl)C(=O)c2ccccc2)c1. The van der Waals surface area contributed by atoms with Crippen LogP contribution in [0.25, 0.3) is 6.08 Å². The van der Waals surface area contributed by atoms with Crippen molar-refractivity contribution in [3.8, 4) is 11.5 Å². The molecule has 7 nitrogen and oxygen atoms in total. The van der Waals surface area contributed by atoms with E-state index in [0.717, 1.165) is 16.7 Å². The number of hydrogen-bond donors (Lipinski definition) is 0. The number of alkyl halides is 2. The third-order valence-electron chi connectivity index (χ3n) is 9.23. The average molecular weight is 651 g/mol. The molecule has 0 N–H and O–H groups in total. The topological polar surface area (TPSA) is 74.3 Å². The zero-order chi connectivity index (χ0) is 32.3. The first kappa shape index (κ1) is 31.5. The third kappa shape index (κ3) is 5.49. The van der Waals surface area contributed by atoms with E-state index in [1.54, 1.807) is 30.2 Å². The van der Waals surface area contributed by atoms with Gasteiger partial charge in [0.2, 0.25) is 0 Å². The second-order valence-corrected chi connectivity index (χ2v) is 14.4. The molecular formula is C36H37Cl2NO6. The number of nitrogens with zero attached hydrogens (tertiary/aromatic N) is 1. The first-order valence-electron chi connectivity index (χ1n) is 15.0. The number of amides is 1. The first-order chi connectivity index (χ1) is 21.3. The van der Waals surface area contributed by atoms with Crippen molar-refractivity contribution < 1.29 is 28.5 Å². The van der Waals surface area contributed by atoms with E-state index in [4.69, 9.17) is 42.1 Å². The summed E-state index contributed by atoms with van der Waals surface area (Å²) in [5.41, 5.74) is 2.40. The summed E-state index contributed by atoms with van der Waals surface area (Å²) in [6, 6.07) is 20.5. The van der Waals surface area contributed by atoms with Crippen molar-refractivity contribution in [2.24, 2.45) is 11.8 Å². The molecule has 2 heterocycles. The lowest BCUT2D eigenvalue weighted by Crippen LogP contribution is -2.56. The van der Waals surface area contributed by atoms with Crippen LogP contribution in [0.3, 0.4) is 0 Å². The minimum atomic E-state index is -0.911. The lowest BCUT2D eigenvalue weighted by molar-refractivity contribution is -0.191. The summed E-state index contributed by atoms with van der Waals surface area (Å²) in [5.74, 6) is 0.366. The number of fused-ring (bicyclic) bond motifs is 5. The summed E-state index contributed by atoms with van der Waals surface area (Å²) in [4.78, 5) is 27.5. The van der Waals surface area contributed by atoms with Gasteiger partial charge in [-0.3, -0.25) is 4.79 Å². The summed E-state index contributed by atoms with van der Waals surface area (Å²) < 4.78 is 23.3. The Kier molecular flexibility index (Phi) is 7.95. The number of carbonyl (C=O) groups is 2. The van der Waals surface area contributed by atoms with Gasteiger partial charge < -0.3 is 23.8 Å². The highest BCUT2D eigenvalue weighted by atomic mass is 35.5. The van der Waals surface area contributed by atoms with Crippen LogP contribution in [0.2, 0.25) is 0 Å². The van der Waals surface area contributed by atoms with E-state index in [-0.39, 0.29) is 36.3 Å². The Morgan fingerprint density at radius 3 is 2.38 bits per heavy atom. The fourth-order valence-electron chi connectivity index (χ4n) is 7.16. The first-order valence-corrected chi connectivity index (χ1v) is 15.7. The highest BCUT2D eigenvalue weighted by Gasteiger charge is 2.77. The maximum Gasteiger partial charge on any atom is 0.330 e. The van der Waals surface area contributed by atoms with E-state index in [9.17, 15) is 9.59 Å². The number of benzene rings is 3. The fourth-order valence-corrected chi connectivity index (χ4v) is 8.35. The summed E-state index contributed by atoms with van der Waals surface area (Å²) >= 11 is 13.8. The molecule has 236 valence electrons. The van der Waals surface area contributed by atoms with Crippen molar-refractivity contribution in [3.05, 3.63) is 95.1 Å². The minimum Gasteiger partial charge on any atom is -0.492 e. The van der Waals surface area contributed by atoms with Gasteiger partial charge in [0, 0.05) is 46.2 Å². The van der Waals surface area contributed by atoms with E-state index in [0.29, 0.717) is 22.7 Å². The van der Waals surface area contributed by atoms with Crippen LogP contribution in [0.15, 0.2) is 72.8 Å². The minimum absolute atomic E-state index is 0.0102. The maximum atomic E-state index is 14.0. The molecule has 3 aromatic rings. The normalized spacial score (nSPS) is 24.8. The molecule has 3 aliphatic rings. The zero-order valence-corrected chi connectivity index (χ0v) is 27.7. The molecule has 4 unspecified atom stereocenters. The Labute approximate surface area is 274 Å². The Balaban J connectivity index is 1.42. The number of ether oxygens (including phenoxy) is 4. The second-order valence-electron chi connectivity index (χ2n) is 12.9. The quantitative estimate of drug-likeness (QED) is 0.149. The highest BCUT2D eigenvalue weighted by molar-refractivity contribution is 6.51. The molecule has 0 bridgehead atoms. The number of methoxy groups -OCH3 is 2. The summed E-state index contributed by atoms with van der Waals surface area (Å²) in [7, 11) is 2.93. The van der Waals surface area contributed by atoms with Crippen molar-refractivity contribution >= 4 is 46.8 Å². The van der Waals surface area contributed by atoms with Crippen molar-refractivity contribution in [1.29, 1.82) is 0 Å². The molecule has 6 rings (SSSR count). The van der Waals surface area contributed by atoms with Crippen LogP contribution in [-0.2, 0) is 20.8 Å². The Morgan fingerprint density at radius 1 is 0.956 bits per heavy atom. The van der Waals surface area contributed by atoms with Gasteiger partial charge in [-0.2, -0.15) is 0 Å². The van der Waals surface area contributed by atoms with Crippen LogP contribution >= 0.6 is 23.2 Å². The van der Waals surface area contributed by atoms with Gasteiger partial charge in [-0.1, -0.05) is 42.5 Å². The predicted octanol–water partition coefficient (Wildman–Crippen LogP) is 7.58. The number of esters is 1. The Morgan fingerprint density at radius 2 is 1.69 bits per heavy atom. The van der Waals surface area contributed by atoms with Gasteiger partial charge in [0.1, 0.15) is 16.0 Å². The predicted molar refractivity (Wildman–Crippen MR) is 175 cm³/mol. The number of carbonyl (C=O) groups excluding carboxylic acids is 2. The molecule has 1 aliphatic carbocycles. The number of halogens is 2. The molecule has 0 radical (unpaired) electrons. The second kappa shape index (κ2) is 11.4. The van der Waals surface area contributed by atoms with Crippen molar-refractivity contribution in [3.63, 3.8) is 0 Å². The highest BCUT2D eigenvalue weighted by Crippen LogP contribution is 2.74. The van der Waals surface area contributed by atoms with Gasteiger partial charge in [-0.15, -0.1) is 23.2 Å². The molecule has 1 amide bonds. The van der Waals surface area contributed by atoms with E-state index in [1.807, 2.05) is 82.3 Å². The van der Waals surface area contributed by atoms with E-state index in [1.165, 1.54) is 13.2 Å². The van der Waals surface area contributed by atoms with Crippen LogP contribution in [0.1, 0.15) is 60.7 Å². The lowest BCUT2D eigenvalue weighted by Gasteiger charge is -2.50. The van der Waals surface area contributed by atoms with E-state index in [2.05, 4.69) is 0 Å². The van der Waals surface area contributed by atoms with E-state index < -0.39 is 21.5 Å². The van der Waals surface area contributed by atoms with E-state index >= 15 is 0 Å². The number of rotatable bonds is 7. The molecule has 3 aromatic carbocycles. The Bertz CT molecular complexity index is 1670. The number of hydrogen-bond acceptors (Lipinski definition) is 6. The van der Waals surface area contributed by atoms with Crippen molar-refractivity contribution in [1.82, 2.24) is 0 Å². The third-order valence-corrected chi connectivity index (χ3v) is 10.2. The molecule has 4 atom stereocenters. The van der Waals surface area contributed by atoms with Gasteiger partial charge in [-0.05, 0) is 63.6 Å². The van der Waals surface area contributed by atoms with Crippen molar-refractivity contribution in [2.45, 2.75) is 61.8 Å². The summed E-state index contributed by atoms with van der Waals surface area (Å²) in [6.45, 7) is 8.31. The molecule has 45 heavy (non-hydrogen) atoms. The van der Waals surface area contributed by atoms with Gasteiger partial charge >= 0.3 is 5.97 Å². The van der Waals surface area contributed by atoms with Gasteiger partial charge in [0.05, 0.1) is 26.4 Å². The van der Waals surface area contributed by atoms with Crippen LogP contribution in [0.5, 0.6) is 11.5 Å². The molecule has 0 aromatic heterocycles. The fraction of sp³-hybridized carbons (Fsp3) is 0.389. The summed E-state index contributed by atoms with van der Waals surface area (Å²) in [5, 5.41) is 0. The maximum absolute atomic E-state index is 14.0. The Hall–Kier alpha value is -3.52. The molecule has 1 saturated carbocycles. The van der Waals surface area contributed by atoms with Crippen LogP contribution in [0, 0.1) is 11.8 Å². The molecule has 9 heteroatoms. The smallest absolute Gasteiger partial charge is 0.330 e. The van der Waals surface area contributed by atoms with Crippen molar-refractivity contribution in [2.75, 3.05) is 19.1 Å². The van der Waals surface area contributed by atoms with Gasteiger partial charge in [-0.25, -0.2) is 4.79 Å². The van der Waals surface area contributed by atoms with Crippen LogP contribution < -0.4 is 14.4 Å². The molecular weight excluding hydrogens is 613 g/mol. The van der Waals surface area contributed by atoms with Crippen LogP contribution in [0.4, 0.5) is 5.69 Å². The summed E-state index contributed by atoms with van der Waals surface area (Å²) in [6.07, 6.45) is 2.73. The van der Waals surface area contributed by atoms with Gasteiger partial charge in [0.15, 0.2) is 11.5 Å². The largest absolute Gasteiger partial charge is 0.492 e. The number of anilines is 1. The van der Waals surface area contributed by atoms with Crippen LogP contribution in [-0.4, -0.2) is 47.7 Å². The monoisotopic (exact) mass is 649 g/mol. The average Bonchev–Trinajstić information content (AvgIpc) is 3.61. The molecule has 2 aliphatic heterocycles. The molecule has 0 spiro atoms. The molecule has 2 fully saturated rings. The zero-order valence-electron chi connectivity index (χ0n) is 26.2. The standard InChI is InChI=1S/C36H37Cl2NO6/c1-34(2)31-28(36(31,37)38)27-25-17-16-23(29(43-6)30(25)44-35(3,4)32(27)45-34)20-39(33(41)22-12-8-7-9-13-22)24-14-10-11-21(19-24)15-18-26(40)42-5/h7-19,27-28,31-32H,20H2,1-6H3/b18-15+. The lowest BCUT2D eigenvalue weighted by atomic mass is 9.74. The van der Waals surface area contributed by atoms with Gasteiger partial charge in [0.25, 0.3) is 5.91 Å².